The van der Waals surface area contributed by atoms with Crippen molar-refractivity contribution < 1.29 is 19.1 Å². The molecule has 22 heavy (non-hydrogen) atoms. The Kier molecular flexibility index (Phi) is 6.12. The third-order valence-electron chi connectivity index (χ3n) is 3.55. The Hall–Kier alpha value is -1.69. The van der Waals surface area contributed by atoms with Crippen molar-refractivity contribution in [3.8, 4) is 5.75 Å². The SMILES string of the molecule is COC(=O)CSC1CCN(C(=O)COc2ccc(C)cc2)C1. The van der Waals surface area contributed by atoms with E-state index in [9.17, 15) is 9.59 Å². The number of thioether (sulfide) groups is 1. The lowest BCUT2D eigenvalue weighted by Gasteiger charge is -2.16. The second kappa shape index (κ2) is 8.08. The lowest BCUT2D eigenvalue weighted by atomic mass is 10.2. The number of ether oxygens (including phenoxy) is 2. The van der Waals surface area contributed by atoms with Gasteiger partial charge in [0.25, 0.3) is 5.91 Å². The molecular weight excluding hydrogens is 302 g/mol. The number of carbonyl (C=O) groups excluding carboxylic acids is 2. The number of esters is 1. The molecule has 0 spiro atoms. The van der Waals surface area contributed by atoms with Crippen LogP contribution in [0.3, 0.4) is 0 Å². The molecule has 1 aromatic carbocycles. The van der Waals surface area contributed by atoms with Gasteiger partial charge in [-0.2, -0.15) is 0 Å². The van der Waals surface area contributed by atoms with E-state index in [1.807, 2.05) is 31.2 Å². The summed E-state index contributed by atoms with van der Waals surface area (Å²) in [6.07, 6.45) is 0.901. The van der Waals surface area contributed by atoms with Gasteiger partial charge in [0.05, 0.1) is 12.9 Å². The summed E-state index contributed by atoms with van der Waals surface area (Å²) in [5, 5.41) is 0.294. The average molecular weight is 323 g/mol. The van der Waals surface area contributed by atoms with Crippen LogP contribution >= 0.6 is 11.8 Å². The molecule has 1 aliphatic heterocycles. The highest BCUT2D eigenvalue weighted by atomic mass is 32.2. The molecule has 1 atom stereocenters. The third kappa shape index (κ3) is 4.94. The Morgan fingerprint density at radius 1 is 1.32 bits per heavy atom. The molecule has 1 saturated heterocycles. The van der Waals surface area contributed by atoms with E-state index in [0.29, 0.717) is 23.3 Å². The van der Waals surface area contributed by atoms with Crippen LogP contribution in [-0.2, 0) is 14.3 Å². The highest BCUT2D eigenvalue weighted by molar-refractivity contribution is 8.00. The highest BCUT2D eigenvalue weighted by Crippen LogP contribution is 2.23. The first-order valence-electron chi connectivity index (χ1n) is 7.24. The van der Waals surface area contributed by atoms with E-state index in [1.165, 1.54) is 7.11 Å². The van der Waals surface area contributed by atoms with Gasteiger partial charge in [-0.15, -0.1) is 11.8 Å². The van der Waals surface area contributed by atoms with E-state index in [2.05, 4.69) is 4.74 Å². The van der Waals surface area contributed by atoms with Gasteiger partial charge in [-0.25, -0.2) is 0 Å². The Bertz CT molecular complexity index is 517. The minimum atomic E-state index is -0.225. The van der Waals surface area contributed by atoms with Crippen LogP contribution in [-0.4, -0.2) is 54.6 Å². The molecule has 0 bridgehead atoms. The zero-order valence-corrected chi connectivity index (χ0v) is 13.7. The molecule has 120 valence electrons. The number of hydrogen-bond acceptors (Lipinski definition) is 5. The van der Waals surface area contributed by atoms with Gasteiger partial charge in [-0.3, -0.25) is 9.59 Å². The molecule has 1 heterocycles. The van der Waals surface area contributed by atoms with Gasteiger partial charge in [0.15, 0.2) is 6.61 Å². The van der Waals surface area contributed by atoms with E-state index >= 15 is 0 Å². The Balaban J connectivity index is 1.72. The Morgan fingerprint density at radius 3 is 2.73 bits per heavy atom. The van der Waals surface area contributed by atoms with Crippen LogP contribution in [0.4, 0.5) is 0 Å². The number of benzene rings is 1. The summed E-state index contributed by atoms with van der Waals surface area (Å²) >= 11 is 1.54. The van der Waals surface area contributed by atoms with Crippen LogP contribution in [0, 0.1) is 6.92 Å². The van der Waals surface area contributed by atoms with Crippen LogP contribution in [0.25, 0.3) is 0 Å². The molecule has 5 nitrogen and oxygen atoms in total. The smallest absolute Gasteiger partial charge is 0.315 e. The molecule has 1 fully saturated rings. The molecule has 2 rings (SSSR count). The van der Waals surface area contributed by atoms with Crippen molar-refractivity contribution in [1.82, 2.24) is 4.90 Å². The highest BCUT2D eigenvalue weighted by Gasteiger charge is 2.27. The summed E-state index contributed by atoms with van der Waals surface area (Å²) < 4.78 is 10.1. The first-order valence-corrected chi connectivity index (χ1v) is 8.29. The molecule has 0 radical (unpaired) electrons. The molecule has 1 amide bonds. The maximum Gasteiger partial charge on any atom is 0.315 e. The van der Waals surface area contributed by atoms with Gasteiger partial charge in [0.2, 0.25) is 0 Å². The lowest BCUT2D eigenvalue weighted by Crippen LogP contribution is -2.33. The maximum atomic E-state index is 12.1. The zero-order chi connectivity index (χ0) is 15.9. The monoisotopic (exact) mass is 323 g/mol. The molecule has 1 aliphatic rings. The van der Waals surface area contributed by atoms with Crippen molar-refractivity contribution in [3.05, 3.63) is 29.8 Å². The number of methoxy groups -OCH3 is 1. The number of carbonyl (C=O) groups is 2. The van der Waals surface area contributed by atoms with E-state index < -0.39 is 0 Å². The van der Waals surface area contributed by atoms with Crippen LogP contribution < -0.4 is 4.74 Å². The van der Waals surface area contributed by atoms with Crippen LogP contribution in [0.1, 0.15) is 12.0 Å². The van der Waals surface area contributed by atoms with Crippen molar-refractivity contribution in [2.45, 2.75) is 18.6 Å². The van der Waals surface area contributed by atoms with Crippen LogP contribution in [0.2, 0.25) is 0 Å². The fourth-order valence-electron chi connectivity index (χ4n) is 2.21. The van der Waals surface area contributed by atoms with Crippen molar-refractivity contribution in [1.29, 1.82) is 0 Å². The molecular formula is C16H21NO4S. The summed E-state index contributed by atoms with van der Waals surface area (Å²) in [6, 6.07) is 7.63. The van der Waals surface area contributed by atoms with Gasteiger partial charge in [0, 0.05) is 18.3 Å². The van der Waals surface area contributed by atoms with Gasteiger partial charge in [-0.05, 0) is 25.5 Å². The molecule has 0 saturated carbocycles. The average Bonchev–Trinajstić information content (AvgIpc) is 3.00. The summed E-state index contributed by atoms with van der Waals surface area (Å²) in [6.45, 7) is 3.44. The Morgan fingerprint density at radius 2 is 2.05 bits per heavy atom. The first-order chi connectivity index (χ1) is 10.6. The lowest BCUT2D eigenvalue weighted by molar-refractivity contribution is -0.137. The first kappa shape index (κ1) is 16.7. The quantitative estimate of drug-likeness (QED) is 0.748. The number of amides is 1. The summed E-state index contributed by atoms with van der Waals surface area (Å²) in [5.41, 5.74) is 1.16. The number of rotatable bonds is 6. The van der Waals surface area contributed by atoms with Gasteiger partial charge in [0.1, 0.15) is 5.75 Å². The predicted molar refractivity (Wildman–Crippen MR) is 86.1 cm³/mol. The summed E-state index contributed by atoms with van der Waals surface area (Å²) in [4.78, 5) is 25.0. The van der Waals surface area contributed by atoms with Crippen molar-refractivity contribution in [2.75, 3.05) is 32.6 Å². The summed E-state index contributed by atoms with van der Waals surface area (Å²) in [5.74, 6) is 0.803. The summed E-state index contributed by atoms with van der Waals surface area (Å²) in [7, 11) is 1.38. The van der Waals surface area contributed by atoms with Gasteiger partial charge < -0.3 is 14.4 Å². The van der Waals surface area contributed by atoms with Gasteiger partial charge >= 0.3 is 5.97 Å². The number of nitrogens with zero attached hydrogens (tertiary/aromatic N) is 1. The van der Waals surface area contributed by atoms with Crippen LogP contribution in [0.15, 0.2) is 24.3 Å². The predicted octanol–water partition coefficient (Wildman–Crippen LogP) is 1.88. The van der Waals surface area contributed by atoms with Crippen molar-refractivity contribution in [2.24, 2.45) is 0 Å². The molecule has 0 aromatic heterocycles. The number of hydrogen-bond donors (Lipinski definition) is 0. The normalized spacial score (nSPS) is 17.4. The standard InChI is InChI=1S/C16H21NO4S/c1-12-3-5-13(6-4-12)21-10-15(18)17-8-7-14(9-17)22-11-16(19)20-2/h3-6,14H,7-11H2,1-2H3. The molecule has 0 N–H and O–H groups in total. The second-order valence-electron chi connectivity index (χ2n) is 5.24. The molecule has 1 aromatic rings. The minimum absolute atomic E-state index is 0.0123. The fraction of sp³-hybridized carbons (Fsp3) is 0.500. The number of likely N-dealkylation sites (tertiary alicyclic amines) is 1. The van der Waals surface area contributed by atoms with Crippen molar-refractivity contribution in [3.63, 3.8) is 0 Å². The molecule has 6 heteroatoms. The zero-order valence-electron chi connectivity index (χ0n) is 12.9. The molecule has 0 aliphatic carbocycles. The number of aryl methyl sites for hydroxylation is 1. The Labute approximate surface area is 135 Å². The topological polar surface area (TPSA) is 55.8 Å². The van der Waals surface area contributed by atoms with E-state index in [0.717, 1.165) is 18.5 Å². The van der Waals surface area contributed by atoms with Gasteiger partial charge in [-0.1, -0.05) is 17.7 Å². The third-order valence-corrected chi connectivity index (χ3v) is 4.80. The van der Waals surface area contributed by atoms with E-state index in [1.54, 1.807) is 16.7 Å². The van der Waals surface area contributed by atoms with Crippen molar-refractivity contribution >= 4 is 23.6 Å². The van der Waals surface area contributed by atoms with E-state index in [4.69, 9.17) is 4.74 Å². The second-order valence-corrected chi connectivity index (χ2v) is 6.53. The fourth-order valence-corrected chi connectivity index (χ4v) is 3.25. The van der Waals surface area contributed by atoms with E-state index in [-0.39, 0.29) is 18.5 Å². The largest absolute Gasteiger partial charge is 0.484 e. The minimum Gasteiger partial charge on any atom is -0.484 e. The van der Waals surface area contributed by atoms with Crippen LogP contribution in [0.5, 0.6) is 5.75 Å². The maximum absolute atomic E-state index is 12.1. The molecule has 1 unspecified atom stereocenters.